The normalized spacial score (nSPS) is 14.6. The molecule has 1 amide bonds. The smallest absolute Gasteiger partial charge is 0.232 e. The second kappa shape index (κ2) is 12.2. The molecule has 2 heterocycles. The zero-order chi connectivity index (χ0) is 19.8. The number of nitrogens with one attached hydrogen (secondary N) is 2. The standard InChI is InChI=1S/C17H28BrN7O2.HI/c1-12(2)22-14(26)5-6-20-16(19-3)24-7-9-25(10-8-24)17-21-11-13(18)15(23-17)27-4;/h11-12H,5-10H2,1-4H3,(H,19,20)(H,22,26);1H. The van der Waals surface area contributed by atoms with Gasteiger partial charge >= 0.3 is 0 Å². The summed E-state index contributed by atoms with van der Waals surface area (Å²) in [6.07, 6.45) is 2.12. The highest BCUT2D eigenvalue weighted by Crippen LogP contribution is 2.23. The molecule has 158 valence electrons. The van der Waals surface area contributed by atoms with E-state index in [1.807, 2.05) is 13.8 Å². The van der Waals surface area contributed by atoms with Gasteiger partial charge in [-0.1, -0.05) is 0 Å². The average Bonchev–Trinajstić information content (AvgIpc) is 2.65. The third kappa shape index (κ3) is 7.22. The first-order chi connectivity index (χ1) is 12.9. The second-order valence-electron chi connectivity index (χ2n) is 6.45. The first kappa shape index (κ1) is 24.7. The van der Waals surface area contributed by atoms with Gasteiger partial charge in [-0.3, -0.25) is 9.79 Å². The van der Waals surface area contributed by atoms with Crippen molar-refractivity contribution in [2.75, 3.05) is 51.8 Å². The van der Waals surface area contributed by atoms with E-state index >= 15 is 0 Å². The quantitative estimate of drug-likeness (QED) is 0.304. The van der Waals surface area contributed by atoms with Gasteiger partial charge < -0.3 is 25.2 Å². The van der Waals surface area contributed by atoms with Crippen molar-refractivity contribution < 1.29 is 9.53 Å². The first-order valence-electron chi connectivity index (χ1n) is 9.01. The van der Waals surface area contributed by atoms with E-state index in [4.69, 9.17) is 4.74 Å². The second-order valence-corrected chi connectivity index (χ2v) is 7.30. The minimum Gasteiger partial charge on any atom is -0.480 e. The van der Waals surface area contributed by atoms with Crippen molar-refractivity contribution in [3.63, 3.8) is 0 Å². The number of nitrogens with zero attached hydrogens (tertiary/aromatic N) is 5. The maximum atomic E-state index is 11.7. The summed E-state index contributed by atoms with van der Waals surface area (Å²) in [5, 5.41) is 6.15. The Labute approximate surface area is 191 Å². The Morgan fingerprint density at radius 1 is 1.36 bits per heavy atom. The van der Waals surface area contributed by atoms with E-state index in [-0.39, 0.29) is 35.9 Å². The van der Waals surface area contributed by atoms with Gasteiger partial charge in [0.15, 0.2) is 5.96 Å². The van der Waals surface area contributed by atoms with Gasteiger partial charge in [0.25, 0.3) is 0 Å². The van der Waals surface area contributed by atoms with Crippen LogP contribution in [-0.2, 0) is 4.79 Å². The average molecular weight is 570 g/mol. The number of anilines is 1. The summed E-state index contributed by atoms with van der Waals surface area (Å²) >= 11 is 3.37. The fourth-order valence-corrected chi connectivity index (χ4v) is 3.12. The molecular formula is C17H29BrIN7O2. The monoisotopic (exact) mass is 569 g/mol. The van der Waals surface area contributed by atoms with Gasteiger partial charge in [-0.05, 0) is 29.8 Å². The van der Waals surface area contributed by atoms with E-state index in [9.17, 15) is 4.79 Å². The molecule has 1 aromatic heterocycles. The number of amides is 1. The lowest BCUT2D eigenvalue weighted by atomic mass is 10.3. The minimum atomic E-state index is 0. The molecule has 1 fully saturated rings. The zero-order valence-corrected chi connectivity index (χ0v) is 20.7. The van der Waals surface area contributed by atoms with Crippen LogP contribution >= 0.6 is 39.9 Å². The van der Waals surface area contributed by atoms with Crippen LogP contribution in [0.2, 0.25) is 0 Å². The molecule has 0 aromatic carbocycles. The number of carbonyl (C=O) groups excluding carboxylic acids is 1. The van der Waals surface area contributed by atoms with Gasteiger partial charge in [0.05, 0.1) is 17.8 Å². The highest BCUT2D eigenvalue weighted by molar-refractivity contribution is 14.0. The summed E-state index contributed by atoms with van der Waals surface area (Å²) < 4.78 is 5.98. The molecule has 0 spiro atoms. The number of halogens is 2. The largest absolute Gasteiger partial charge is 0.480 e. The highest BCUT2D eigenvalue weighted by atomic mass is 127. The molecule has 1 aliphatic heterocycles. The van der Waals surface area contributed by atoms with Gasteiger partial charge in [-0.25, -0.2) is 4.98 Å². The molecule has 0 radical (unpaired) electrons. The first-order valence-corrected chi connectivity index (χ1v) is 9.80. The molecule has 0 atom stereocenters. The third-order valence-corrected chi connectivity index (χ3v) is 4.60. The van der Waals surface area contributed by atoms with E-state index in [1.54, 1.807) is 20.4 Å². The van der Waals surface area contributed by atoms with E-state index in [1.165, 1.54) is 0 Å². The Hall–Kier alpha value is -1.37. The highest BCUT2D eigenvalue weighted by Gasteiger charge is 2.22. The van der Waals surface area contributed by atoms with Crippen molar-refractivity contribution in [3.8, 4) is 5.88 Å². The summed E-state index contributed by atoms with van der Waals surface area (Å²) in [4.78, 5) is 29.2. The van der Waals surface area contributed by atoms with Gasteiger partial charge in [-0.15, -0.1) is 24.0 Å². The fraction of sp³-hybridized carbons (Fsp3) is 0.647. The number of carbonyl (C=O) groups is 1. The van der Waals surface area contributed by atoms with Crippen LogP contribution in [-0.4, -0.2) is 79.7 Å². The molecular weight excluding hydrogens is 541 g/mol. The minimum absolute atomic E-state index is 0. The molecule has 11 heteroatoms. The molecule has 1 aliphatic rings. The van der Waals surface area contributed by atoms with Crippen LogP contribution in [0.5, 0.6) is 5.88 Å². The van der Waals surface area contributed by atoms with E-state index < -0.39 is 0 Å². The topological polar surface area (TPSA) is 95.0 Å². The lowest BCUT2D eigenvalue weighted by molar-refractivity contribution is -0.121. The van der Waals surface area contributed by atoms with E-state index in [0.29, 0.717) is 24.8 Å². The number of ether oxygens (including phenoxy) is 1. The SMILES string of the molecule is CN=C(NCCC(=O)NC(C)C)N1CCN(c2ncc(Br)c(OC)n2)CC1.I. The maximum absolute atomic E-state index is 11.7. The van der Waals surface area contributed by atoms with Crippen molar-refractivity contribution in [2.24, 2.45) is 4.99 Å². The van der Waals surface area contributed by atoms with Gasteiger partial charge in [0.2, 0.25) is 17.7 Å². The number of piperazine rings is 1. The maximum Gasteiger partial charge on any atom is 0.232 e. The van der Waals surface area contributed by atoms with Crippen molar-refractivity contribution in [2.45, 2.75) is 26.3 Å². The Bertz CT molecular complexity index is 667. The summed E-state index contributed by atoms with van der Waals surface area (Å²) in [6.45, 7) is 7.60. The number of aromatic nitrogens is 2. The molecule has 1 saturated heterocycles. The molecule has 0 unspecified atom stereocenters. The number of guanidine groups is 1. The van der Waals surface area contributed by atoms with Gasteiger partial charge in [0.1, 0.15) is 0 Å². The molecule has 9 nitrogen and oxygen atoms in total. The van der Waals surface area contributed by atoms with Crippen LogP contribution in [0.4, 0.5) is 5.95 Å². The van der Waals surface area contributed by atoms with E-state index in [2.05, 4.69) is 51.3 Å². The Balaban J connectivity index is 0.00000392. The zero-order valence-electron chi connectivity index (χ0n) is 16.7. The molecule has 2 rings (SSSR count). The molecule has 0 aliphatic carbocycles. The lowest BCUT2D eigenvalue weighted by Crippen LogP contribution is -2.53. The van der Waals surface area contributed by atoms with Crippen LogP contribution < -0.4 is 20.3 Å². The number of hydrogen-bond donors (Lipinski definition) is 2. The summed E-state index contributed by atoms with van der Waals surface area (Å²) in [5.41, 5.74) is 0. The van der Waals surface area contributed by atoms with Gasteiger partial charge in [0, 0.05) is 52.2 Å². The Morgan fingerprint density at radius 2 is 2.04 bits per heavy atom. The molecule has 28 heavy (non-hydrogen) atoms. The summed E-state index contributed by atoms with van der Waals surface area (Å²) in [7, 11) is 3.34. The van der Waals surface area contributed by atoms with Crippen LogP contribution in [0.1, 0.15) is 20.3 Å². The van der Waals surface area contributed by atoms with Crippen molar-refractivity contribution in [1.82, 2.24) is 25.5 Å². The van der Waals surface area contributed by atoms with Crippen LogP contribution in [0.25, 0.3) is 0 Å². The number of methoxy groups -OCH3 is 1. The molecule has 2 N–H and O–H groups in total. The predicted octanol–water partition coefficient (Wildman–Crippen LogP) is 1.48. The number of hydrogen-bond acceptors (Lipinski definition) is 6. The van der Waals surface area contributed by atoms with E-state index in [0.717, 1.165) is 36.6 Å². The van der Waals surface area contributed by atoms with Crippen LogP contribution in [0, 0.1) is 0 Å². The third-order valence-electron chi connectivity index (χ3n) is 4.05. The summed E-state index contributed by atoms with van der Waals surface area (Å²) in [6, 6.07) is 0.157. The summed E-state index contributed by atoms with van der Waals surface area (Å²) in [5.74, 6) is 2.03. The van der Waals surface area contributed by atoms with Crippen molar-refractivity contribution >= 4 is 57.7 Å². The Kier molecular flexibility index (Phi) is 10.8. The van der Waals surface area contributed by atoms with Crippen LogP contribution in [0.15, 0.2) is 15.7 Å². The van der Waals surface area contributed by atoms with Gasteiger partial charge in [-0.2, -0.15) is 4.98 Å². The lowest BCUT2D eigenvalue weighted by Gasteiger charge is -2.36. The fourth-order valence-electron chi connectivity index (χ4n) is 2.77. The van der Waals surface area contributed by atoms with Crippen molar-refractivity contribution in [3.05, 3.63) is 10.7 Å². The number of aliphatic imine (C=N–C) groups is 1. The molecule has 1 aromatic rings. The predicted molar refractivity (Wildman–Crippen MR) is 125 cm³/mol. The number of rotatable bonds is 6. The molecule has 0 bridgehead atoms. The molecule has 0 saturated carbocycles. The van der Waals surface area contributed by atoms with Crippen molar-refractivity contribution in [1.29, 1.82) is 0 Å². The van der Waals surface area contributed by atoms with Crippen LogP contribution in [0.3, 0.4) is 0 Å². The Morgan fingerprint density at radius 3 is 2.61 bits per heavy atom.